The summed E-state index contributed by atoms with van der Waals surface area (Å²) in [4.78, 5) is 2.42. The van der Waals surface area contributed by atoms with Crippen LogP contribution in [0.15, 0.2) is 54.1 Å². The minimum atomic E-state index is 0.440. The van der Waals surface area contributed by atoms with Crippen molar-refractivity contribution in [2.75, 3.05) is 26.7 Å². The molecular formula is C20H32N2. The van der Waals surface area contributed by atoms with Gasteiger partial charge in [0.2, 0.25) is 0 Å². The van der Waals surface area contributed by atoms with E-state index in [0.29, 0.717) is 12.0 Å². The minimum Gasteiger partial charge on any atom is -0.310 e. The Hall–Kier alpha value is -1.38. The number of nitrogens with one attached hydrogen (secondary N) is 1. The first-order valence-electron chi connectivity index (χ1n) is 8.48. The highest BCUT2D eigenvalue weighted by Gasteiger charge is 2.27. The van der Waals surface area contributed by atoms with Crippen LogP contribution in [0.2, 0.25) is 0 Å². The van der Waals surface area contributed by atoms with Crippen molar-refractivity contribution in [3.8, 4) is 0 Å². The average molecular weight is 300 g/mol. The lowest BCUT2D eigenvalue weighted by Gasteiger charge is -2.37. The number of rotatable bonds is 4. The molecule has 122 valence electrons. The molecule has 0 aromatic heterocycles. The SMILES string of the molecule is C/C=C/C=C(\C)C(c1ccccc1)C1CN(C)CCN1.CC. The Labute approximate surface area is 136 Å². The van der Waals surface area contributed by atoms with Gasteiger partial charge in [-0.05, 0) is 26.5 Å². The number of benzene rings is 1. The van der Waals surface area contributed by atoms with Crippen LogP contribution in [0.4, 0.5) is 0 Å². The van der Waals surface area contributed by atoms with Crippen molar-refractivity contribution < 1.29 is 0 Å². The molecule has 0 bridgehead atoms. The van der Waals surface area contributed by atoms with Gasteiger partial charge in [0.25, 0.3) is 0 Å². The normalized spacial score (nSPS) is 21.3. The first kappa shape index (κ1) is 18.7. The monoisotopic (exact) mass is 300 g/mol. The molecule has 1 aliphatic heterocycles. The third kappa shape index (κ3) is 5.43. The Bertz CT molecular complexity index is 462. The predicted octanol–water partition coefficient (Wildman–Crippen LogP) is 4.22. The fraction of sp³-hybridized carbons (Fsp3) is 0.500. The fourth-order valence-corrected chi connectivity index (χ4v) is 2.98. The van der Waals surface area contributed by atoms with E-state index in [1.54, 1.807) is 0 Å². The molecule has 2 nitrogen and oxygen atoms in total. The van der Waals surface area contributed by atoms with E-state index in [1.165, 1.54) is 11.1 Å². The Morgan fingerprint density at radius 1 is 1.27 bits per heavy atom. The maximum Gasteiger partial charge on any atom is 0.0301 e. The maximum atomic E-state index is 3.70. The zero-order valence-corrected chi connectivity index (χ0v) is 14.8. The van der Waals surface area contributed by atoms with Gasteiger partial charge in [0.1, 0.15) is 0 Å². The van der Waals surface area contributed by atoms with Crippen LogP contribution in [-0.2, 0) is 0 Å². The van der Waals surface area contributed by atoms with Gasteiger partial charge in [-0.1, -0.05) is 68.0 Å². The van der Waals surface area contributed by atoms with Crippen LogP contribution in [0.1, 0.15) is 39.2 Å². The largest absolute Gasteiger partial charge is 0.310 e. The van der Waals surface area contributed by atoms with Gasteiger partial charge < -0.3 is 10.2 Å². The van der Waals surface area contributed by atoms with Gasteiger partial charge in [-0.15, -0.1) is 0 Å². The van der Waals surface area contributed by atoms with E-state index >= 15 is 0 Å². The van der Waals surface area contributed by atoms with Gasteiger partial charge >= 0.3 is 0 Å². The quantitative estimate of drug-likeness (QED) is 0.837. The van der Waals surface area contributed by atoms with E-state index in [2.05, 4.69) is 79.7 Å². The highest BCUT2D eigenvalue weighted by Crippen LogP contribution is 2.29. The third-order valence-corrected chi connectivity index (χ3v) is 4.01. The highest BCUT2D eigenvalue weighted by atomic mass is 15.2. The molecule has 2 rings (SSSR count). The first-order valence-corrected chi connectivity index (χ1v) is 8.48. The molecule has 0 saturated carbocycles. The summed E-state index contributed by atoms with van der Waals surface area (Å²) >= 11 is 0. The van der Waals surface area contributed by atoms with Crippen LogP contribution < -0.4 is 5.32 Å². The van der Waals surface area contributed by atoms with Crippen LogP contribution in [0.25, 0.3) is 0 Å². The second-order valence-corrected chi connectivity index (χ2v) is 5.65. The first-order chi connectivity index (χ1) is 10.7. The summed E-state index contributed by atoms with van der Waals surface area (Å²) in [5, 5.41) is 3.70. The standard InChI is InChI=1S/C18H26N2.C2H6/c1-4-5-9-15(2)18(16-10-7-6-8-11-16)17-14-20(3)13-12-19-17;1-2/h4-11,17-19H,12-14H2,1-3H3;1-2H3/b5-4+,15-9+;. The molecule has 1 aromatic rings. The molecule has 1 N–H and O–H groups in total. The van der Waals surface area contributed by atoms with Crippen molar-refractivity contribution >= 4 is 0 Å². The molecular weight excluding hydrogens is 268 g/mol. The number of hydrogen-bond donors (Lipinski definition) is 1. The summed E-state index contributed by atoms with van der Waals surface area (Å²) in [6, 6.07) is 11.3. The molecule has 0 spiro atoms. The zero-order chi connectivity index (χ0) is 16.4. The molecule has 1 heterocycles. The molecule has 22 heavy (non-hydrogen) atoms. The van der Waals surface area contributed by atoms with Crippen molar-refractivity contribution in [2.24, 2.45) is 0 Å². The van der Waals surface area contributed by atoms with Gasteiger partial charge in [-0.3, -0.25) is 0 Å². The molecule has 2 unspecified atom stereocenters. The summed E-state index contributed by atoms with van der Waals surface area (Å²) in [5.41, 5.74) is 2.82. The van der Waals surface area contributed by atoms with E-state index in [1.807, 2.05) is 13.8 Å². The fourth-order valence-electron chi connectivity index (χ4n) is 2.98. The molecule has 0 amide bonds. The number of allylic oxidation sites excluding steroid dienone is 3. The summed E-state index contributed by atoms with van der Waals surface area (Å²) in [6.45, 7) is 11.6. The summed E-state index contributed by atoms with van der Waals surface area (Å²) in [5.74, 6) is 0.440. The average Bonchev–Trinajstić information content (AvgIpc) is 2.56. The van der Waals surface area contributed by atoms with E-state index in [-0.39, 0.29) is 0 Å². The molecule has 1 fully saturated rings. The lowest BCUT2D eigenvalue weighted by atomic mass is 9.84. The number of nitrogens with zero attached hydrogens (tertiary/aromatic N) is 1. The third-order valence-electron chi connectivity index (χ3n) is 4.01. The number of hydrogen-bond acceptors (Lipinski definition) is 2. The van der Waals surface area contributed by atoms with Crippen molar-refractivity contribution in [3.63, 3.8) is 0 Å². The van der Waals surface area contributed by atoms with Crippen molar-refractivity contribution in [3.05, 3.63) is 59.7 Å². The Kier molecular flexibility index (Phi) is 8.79. The van der Waals surface area contributed by atoms with E-state index in [9.17, 15) is 0 Å². The van der Waals surface area contributed by atoms with Crippen LogP contribution in [0.5, 0.6) is 0 Å². The molecule has 2 atom stereocenters. The predicted molar refractivity (Wildman–Crippen MR) is 98.4 cm³/mol. The van der Waals surface area contributed by atoms with Crippen molar-refractivity contribution in [1.82, 2.24) is 10.2 Å². The summed E-state index contributed by atoms with van der Waals surface area (Å²) in [6.07, 6.45) is 6.47. The second-order valence-electron chi connectivity index (χ2n) is 5.65. The van der Waals surface area contributed by atoms with Gasteiger partial charge in [-0.2, -0.15) is 0 Å². The van der Waals surface area contributed by atoms with E-state index < -0.39 is 0 Å². The maximum absolute atomic E-state index is 3.70. The summed E-state index contributed by atoms with van der Waals surface area (Å²) < 4.78 is 0. The molecule has 0 radical (unpaired) electrons. The molecule has 1 aromatic carbocycles. The van der Waals surface area contributed by atoms with Gasteiger partial charge in [-0.25, -0.2) is 0 Å². The van der Waals surface area contributed by atoms with Crippen molar-refractivity contribution in [1.29, 1.82) is 0 Å². The molecule has 1 saturated heterocycles. The van der Waals surface area contributed by atoms with E-state index in [0.717, 1.165) is 19.6 Å². The Morgan fingerprint density at radius 3 is 2.55 bits per heavy atom. The van der Waals surface area contributed by atoms with Gasteiger partial charge in [0.05, 0.1) is 0 Å². The Morgan fingerprint density at radius 2 is 1.95 bits per heavy atom. The molecule has 0 aliphatic carbocycles. The summed E-state index contributed by atoms with van der Waals surface area (Å²) in [7, 11) is 2.21. The van der Waals surface area contributed by atoms with Crippen LogP contribution in [0, 0.1) is 0 Å². The van der Waals surface area contributed by atoms with Gasteiger partial charge in [0.15, 0.2) is 0 Å². The highest BCUT2D eigenvalue weighted by molar-refractivity contribution is 5.32. The second kappa shape index (κ2) is 10.4. The van der Waals surface area contributed by atoms with E-state index in [4.69, 9.17) is 0 Å². The number of likely N-dealkylation sites (N-methyl/N-ethyl adjacent to an activating group) is 1. The smallest absolute Gasteiger partial charge is 0.0301 e. The van der Waals surface area contributed by atoms with Crippen LogP contribution >= 0.6 is 0 Å². The topological polar surface area (TPSA) is 15.3 Å². The van der Waals surface area contributed by atoms with Gasteiger partial charge in [0, 0.05) is 31.6 Å². The molecule has 1 aliphatic rings. The lowest BCUT2D eigenvalue weighted by Crippen LogP contribution is -2.51. The minimum absolute atomic E-state index is 0.440. The number of piperazine rings is 1. The Balaban J connectivity index is 0.00000116. The van der Waals surface area contributed by atoms with Crippen LogP contribution in [-0.4, -0.2) is 37.6 Å². The van der Waals surface area contributed by atoms with Crippen molar-refractivity contribution in [2.45, 2.75) is 39.7 Å². The molecule has 2 heteroatoms. The van der Waals surface area contributed by atoms with Crippen LogP contribution in [0.3, 0.4) is 0 Å². The lowest BCUT2D eigenvalue weighted by molar-refractivity contribution is 0.226. The zero-order valence-electron chi connectivity index (χ0n) is 14.8.